The van der Waals surface area contributed by atoms with Gasteiger partial charge in [0.15, 0.2) is 0 Å². The van der Waals surface area contributed by atoms with E-state index in [0.29, 0.717) is 12.3 Å². The number of β-amino-alcohol motifs (C(OH)–C–C–N with tert-alkyl or cyclic N) is 1. The molecule has 0 aliphatic carbocycles. The summed E-state index contributed by atoms with van der Waals surface area (Å²) in [6, 6.07) is 9.80. The fourth-order valence-electron chi connectivity index (χ4n) is 2.31. The highest BCUT2D eigenvalue weighted by Gasteiger charge is 2.34. The predicted molar refractivity (Wildman–Crippen MR) is 62.2 cm³/mol. The van der Waals surface area contributed by atoms with Gasteiger partial charge in [-0.3, -0.25) is 0 Å². The third kappa shape index (κ3) is 1.52. The quantitative estimate of drug-likeness (QED) is 0.768. The van der Waals surface area contributed by atoms with Crippen LogP contribution in [0, 0.1) is 0 Å². The molecule has 1 fully saturated rings. The summed E-state index contributed by atoms with van der Waals surface area (Å²) in [5.41, 5.74) is 0.00794. The summed E-state index contributed by atoms with van der Waals surface area (Å²) in [4.78, 5) is 0. The Morgan fingerprint density at radius 2 is 2.19 bits per heavy atom. The molecule has 0 radical (unpaired) electrons. The topological polar surface area (TPSA) is 45.4 Å². The lowest BCUT2D eigenvalue weighted by Crippen LogP contribution is -2.42. The molecule has 2 N–H and O–H groups in total. The van der Waals surface area contributed by atoms with Gasteiger partial charge in [-0.2, -0.15) is 0 Å². The number of hydrogen-bond donors (Lipinski definition) is 2. The van der Waals surface area contributed by atoms with Gasteiger partial charge in [-0.15, -0.1) is 0 Å². The molecule has 0 spiro atoms. The van der Waals surface area contributed by atoms with Crippen LogP contribution in [0.5, 0.6) is 0 Å². The van der Waals surface area contributed by atoms with E-state index in [0.717, 1.165) is 30.4 Å². The smallest absolute Gasteiger partial charge is 0.138 e. The lowest BCUT2D eigenvalue weighted by atomic mass is 9.91. The second kappa shape index (κ2) is 3.61. The van der Waals surface area contributed by atoms with Crippen molar-refractivity contribution in [3.05, 3.63) is 36.1 Å². The normalized spacial score (nSPS) is 26.1. The third-order valence-electron chi connectivity index (χ3n) is 3.25. The van der Waals surface area contributed by atoms with E-state index in [1.165, 1.54) is 0 Å². The van der Waals surface area contributed by atoms with Crippen LogP contribution in [0.25, 0.3) is 11.0 Å². The average molecular weight is 217 g/mol. The van der Waals surface area contributed by atoms with Gasteiger partial charge < -0.3 is 14.8 Å². The van der Waals surface area contributed by atoms with Gasteiger partial charge in [-0.1, -0.05) is 18.2 Å². The molecule has 0 amide bonds. The maximum atomic E-state index is 10.5. The molecule has 0 bridgehead atoms. The summed E-state index contributed by atoms with van der Waals surface area (Å²) >= 11 is 0. The molecule has 1 atom stereocenters. The SMILES string of the molecule is OC1(c2cc3ccccc3o2)CCCNC1. The lowest BCUT2D eigenvalue weighted by molar-refractivity contribution is -0.00612. The Balaban J connectivity index is 2.04. The molecule has 16 heavy (non-hydrogen) atoms. The van der Waals surface area contributed by atoms with Crippen LogP contribution in [-0.2, 0) is 5.60 Å². The van der Waals surface area contributed by atoms with Crippen LogP contribution >= 0.6 is 0 Å². The molecule has 1 aromatic heterocycles. The summed E-state index contributed by atoms with van der Waals surface area (Å²) in [7, 11) is 0. The molecule has 3 nitrogen and oxygen atoms in total. The standard InChI is InChI=1S/C13H15NO2/c15-13(6-3-7-14-9-13)12-8-10-4-1-2-5-11(10)16-12/h1-2,4-5,8,14-15H,3,6-7,9H2. The van der Waals surface area contributed by atoms with Gasteiger partial charge in [0.2, 0.25) is 0 Å². The van der Waals surface area contributed by atoms with Crippen molar-refractivity contribution < 1.29 is 9.52 Å². The third-order valence-corrected chi connectivity index (χ3v) is 3.25. The first-order chi connectivity index (χ1) is 7.78. The van der Waals surface area contributed by atoms with Crippen molar-refractivity contribution in [2.24, 2.45) is 0 Å². The molecular formula is C13H15NO2. The van der Waals surface area contributed by atoms with Gasteiger partial charge in [0.25, 0.3) is 0 Å². The Hall–Kier alpha value is -1.32. The molecule has 3 rings (SSSR count). The zero-order chi connectivity index (χ0) is 11.0. The average Bonchev–Trinajstić information content (AvgIpc) is 2.74. The van der Waals surface area contributed by atoms with Crippen molar-refractivity contribution in [1.82, 2.24) is 5.32 Å². The Bertz CT molecular complexity index is 464. The molecule has 2 heterocycles. The fourth-order valence-corrected chi connectivity index (χ4v) is 2.31. The van der Waals surface area contributed by atoms with Crippen LogP contribution in [0.1, 0.15) is 18.6 Å². The molecule has 3 heteroatoms. The Kier molecular flexibility index (Phi) is 2.23. The molecule has 2 aromatic rings. The van der Waals surface area contributed by atoms with E-state index in [1.807, 2.05) is 30.3 Å². The highest BCUT2D eigenvalue weighted by Crippen LogP contribution is 2.32. The minimum Gasteiger partial charge on any atom is -0.458 e. The molecule has 1 aromatic carbocycles. The van der Waals surface area contributed by atoms with E-state index in [-0.39, 0.29) is 0 Å². The van der Waals surface area contributed by atoms with Crippen LogP contribution in [0.2, 0.25) is 0 Å². The summed E-state index contributed by atoms with van der Waals surface area (Å²) in [5.74, 6) is 0.681. The second-order valence-electron chi connectivity index (χ2n) is 4.46. The van der Waals surface area contributed by atoms with Crippen molar-refractivity contribution in [2.45, 2.75) is 18.4 Å². The lowest BCUT2D eigenvalue weighted by Gasteiger charge is -2.30. The second-order valence-corrected chi connectivity index (χ2v) is 4.46. The van der Waals surface area contributed by atoms with Crippen LogP contribution < -0.4 is 5.32 Å². The van der Waals surface area contributed by atoms with Gasteiger partial charge >= 0.3 is 0 Å². The van der Waals surface area contributed by atoms with Crippen molar-refractivity contribution in [3.8, 4) is 0 Å². The number of para-hydroxylation sites is 1. The number of nitrogens with one attached hydrogen (secondary N) is 1. The van der Waals surface area contributed by atoms with Crippen LogP contribution in [0.3, 0.4) is 0 Å². The van der Waals surface area contributed by atoms with E-state index >= 15 is 0 Å². The maximum Gasteiger partial charge on any atom is 0.138 e. The molecular weight excluding hydrogens is 202 g/mol. The largest absolute Gasteiger partial charge is 0.458 e. The van der Waals surface area contributed by atoms with Crippen LogP contribution in [-0.4, -0.2) is 18.2 Å². The van der Waals surface area contributed by atoms with Gasteiger partial charge in [-0.25, -0.2) is 0 Å². The van der Waals surface area contributed by atoms with Crippen molar-refractivity contribution in [3.63, 3.8) is 0 Å². The van der Waals surface area contributed by atoms with E-state index in [1.54, 1.807) is 0 Å². The van der Waals surface area contributed by atoms with Gasteiger partial charge in [0.05, 0.1) is 0 Å². The highest BCUT2D eigenvalue weighted by molar-refractivity contribution is 5.77. The molecule has 1 saturated heterocycles. The highest BCUT2D eigenvalue weighted by atomic mass is 16.4. The molecule has 84 valence electrons. The first kappa shape index (κ1) is 9.87. The fraction of sp³-hybridized carbons (Fsp3) is 0.385. The van der Waals surface area contributed by atoms with Crippen molar-refractivity contribution in [2.75, 3.05) is 13.1 Å². The minimum absolute atomic E-state index is 0.576. The van der Waals surface area contributed by atoms with E-state index < -0.39 is 5.60 Å². The van der Waals surface area contributed by atoms with E-state index in [4.69, 9.17) is 4.42 Å². The van der Waals surface area contributed by atoms with Crippen LogP contribution in [0.15, 0.2) is 34.7 Å². The molecule has 1 aliphatic heterocycles. The number of benzene rings is 1. The van der Waals surface area contributed by atoms with Gasteiger partial charge in [0.1, 0.15) is 16.9 Å². The zero-order valence-electron chi connectivity index (χ0n) is 9.07. The minimum atomic E-state index is -0.836. The first-order valence-corrected chi connectivity index (χ1v) is 5.70. The maximum absolute atomic E-state index is 10.5. The van der Waals surface area contributed by atoms with E-state index in [9.17, 15) is 5.11 Å². The Morgan fingerprint density at radius 3 is 2.94 bits per heavy atom. The monoisotopic (exact) mass is 217 g/mol. The van der Waals surface area contributed by atoms with Crippen molar-refractivity contribution in [1.29, 1.82) is 0 Å². The molecule has 1 aliphatic rings. The number of piperidine rings is 1. The zero-order valence-corrected chi connectivity index (χ0v) is 9.07. The van der Waals surface area contributed by atoms with Gasteiger partial charge in [0, 0.05) is 11.9 Å². The molecule has 0 saturated carbocycles. The number of hydrogen-bond acceptors (Lipinski definition) is 3. The Morgan fingerprint density at radius 1 is 1.31 bits per heavy atom. The summed E-state index contributed by atoms with van der Waals surface area (Å²) in [6.07, 6.45) is 1.74. The number of fused-ring (bicyclic) bond motifs is 1. The van der Waals surface area contributed by atoms with E-state index in [2.05, 4.69) is 5.32 Å². The summed E-state index contributed by atoms with van der Waals surface area (Å²) in [6.45, 7) is 1.55. The predicted octanol–water partition coefficient (Wildman–Crippen LogP) is 2.00. The van der Waals surface area contributed by atoms with Crippen LogP contribution in [0.4, 0.5) is 0 Å². The first-order valence-electron chi connectivity index (χ1n) is 5.70. The molecule has 1 unspecified atom stereocenters. The number of rotatable bonds is 1. The summed E-state index contributed by atoms with van der Waals surface area (Å²) < 4.78 is 5.72. The number of furan rings is 1. The van der Waals surface area contributed by atoms with Gasteiger partial charge in [-0.05, 0) is 31.5 Å². The Labute approximate surface area is 94.1 Å². The number of aliphatic hydroxyl groups is 1. The van der Waals surface area contributed by atoms with Crippen molar-refractivity contribution >= 4 is 11.0 Å². The summed E-state index contributed by atoms with van der Waals surface area (Å²) in [5, 5.41) is 14.7.